The molecule has 0 spiro atoms. The van der Waals surface area contributed by atoms with Crippen LogP contribution in [0.4, 0.5) is 8.78 Å². The summed E-state index contributed by atoms with van der Waals surface area (Å²) in [6, 6.07) is 2.62. The van der Waals surface area contributed by atoms with Gasteiger partial charge in [0.25, 0.3) is 0 Å². The molecule has 0 radical (unpaired) electrons. The molecule has 0 aromatic heterocycles. The lowest BCUT2D eigenvalue weighted by Crippen LogP contribution is -2.08. The summed E-state index contributed by atoms with van der Waals surface area (Å²) in [5.74, 6) is -1.02. The molecule has 1 nitrogen and oxygen atoms in total. The minimum Gasteiger partial charge on any atom is -0.233 e. The number of aryl methyl sites for hydroxylation is 1. The number of nitrogens with one attached hydrogen (secondary N) is 1. The summed E-state index contributed by atoms with van der Waals surface area (Å²) in [5.41, 5.74) is 0.663. The van der Waals surface area contributed by atoms with Crippen LogP contribution in [0.5, 0.6) is 0 Å². The minimum absolute atomic E-state index is 0.0822. The molecule has 0 aliphatic heterocycles. The summed E-state index contributed by atoms with van der Waals surface area (Å²) < 4.78 is 26.2. The zero-order chi connectivity index (χ0) is 9.84. The van der Waals surface area contributed by atoms with Gasteiger partial charge < -0.3 is 0 Å². The van der Waals surface area contributed by atoms with Gasteiger partial charge in [0.05, 0.1) is 0 Å². The Hall–Kier alpha value is -0.670. The molecule has 0 atom stereocenters. The van der Waals surface area contributed by atoms with Gasteiger partial charge in [0.2, 0.25) is 0 Å². The quantitative estimate of drug-likeness (QED) is 0.748. The average molecular weight is 206 g/mol. The molecule has 72 valence electrons. The highest BCUT2D eigenvalue weighted by atomic mass is 35.5. The van der Waals surface area contributed by atoms with E-state index in [2.05, 4.69) is 4.84 Å². The Bertz CT molecular complexity index is 279. The van der Waals surface area contributed by atoms with Crippen LogP contribution < -0.4 is 4.84 Å². The molecule has 0 aliphatic carbocycles. The lowest BCUT2D eigenvalue weighted by atomic mass is 10.1. The lowest BCUT2D eigenvalue weighted by molar-refractivity contribution is 0.552. The normalized spacial score (nSPS) is 10.5. The minimum atomic E-state index is -0.510. The van der Waals surface area contributed by atoms with Crippen LogP contribution in [-0.2, 0) is 6.42 Å². The Morgan fingerprint density at radius 2 is 1.85 bits per heavy atom. The van der Waals surface area contributed by atoms with Crippen molar-refractivity contribution in [3.63, 3.8) is 0 Å². The van der Waals surface area contributed by atoms with Gasteiger partial charge in [-0.3, -0.25) is 0 Å². The standard InChI is InChI=1S/C9H10ClF2N/c1-6-4-8(11)7(2-3-13-10)9(12)5-6/h4-5,13H,2-3H2,1H3. The zero-order valence-corrected chi connectivity index (χ0v) is 7.96. The van der Waals surface area contributed by atoms with Crippen molar-refractivity contribution in [2.75, 3.05) is 6.54 Å². The molecule has 0 bridgehead atoms. The second-order valence-electron chi connectivity index (χ2n) is 2.84. The molecule has 0 heterocycles. The van der Waals surface area contributed by atoms with Crippen LogP contribution >= 0.6 is 11.8 Å². The Labute approximate surface area is 80.8 Å². The van der Waals surface area contributed by atoms with E-state index >= 15 is 0 Å². The van der Waals surface area contributed by atoms with E-state index in [1.807, 2.05) is 0 Å². The van der Waals surface area contributed by atoms with E-state index in [-0.39, 0.29) is 12.0 Å². The molecular formula is C9H10ClF2N. The number of hydrogen-bond donors (Lipinski definition) is 1. The van der Waals surface area contributed by atoms with E-state index in [0.717, 1.165) is 0 Å². The molecule has 0 saturated carbocycles. The van der Waals surface area contributed by atoms with Gasteiger partial charge in [-0.2, -0.15) is 0 Å². The molecule has 1 rings (SSSR count). The van der Waals surface area contributed by atoms with E-state index in [1.54, 1.807) is 6.92 Å². The molecule has 4 heteroatoms. The van der Waals surface area contributed by atoms with Crippen molar-refractivity contribution in [1.82, 2.24) is 4.84 Å². The van der Waals surface area contributed by atoms with Gasteiger partial charge in [-0.15, -0.1) is 0 Å². The van der Waals surface area contributed by atoms with Crippen LogP contribution in [0.25, 0.3) is 0 Å². The second kappa shape index (κ2) is 4.53. The molecule has 0 aliphatic rings. The van der Waals surface area contributed by atoms with E-state index in [9.17, 15) is 8.78 Å². The molecule has 1 N–H and O–H groups in total. The first-order valence-electron chi connectivity index (χ1n) is 3.93. The lowest BCUT2D eigenvalue weighted by Gasteiger charge is -2.04. The maximum Gasteiger partial charge on any atom is 0.129 e. The smallest absolute Gasteiger partial charge is 0.129 e. The fraction of sp³-hybridized carbons (Fsp3) is 0.333. The van der Waals surface area contributed by atoms with E-state index in [0.29, 0.717) is 12.1 Å². The highest BCUT2D eigenvalue weighted by molar-refractivity contribution is 6.13. The first-order valence-corrected chi connectivity index (χ1v) is 4.31. The summed E-state index contributed by atoms with van der Waals surface area (Å²) in [6.45, 7) is 1.99. The molecule has 0 unspecified atom stereocenters. The van der Waals surface area contributed by atoms with E-state index in [1.165, 1.54) is 12.1 Å². The summed E-state index contributed by atoms with van der Waals surface area (Å²) >= 11 is 5.19. The molecule has 13 heavy (non-hydrogen) atoms. The third kappa shape index (κ3) is 2.64. The second-order valence-corrected chi connectivity index (χ2v) is 3.11. The van der Waals surface area contributed by atoms with Gasteiger partial charge in [-0.1, -0.05) is 0 Å². The van der Waals surface area contributed by atoms with Crippen LogP contribution in [0, 0.1) is 18.6 Å². The van der Waals surface area contributed by atoms with Gasteiger partial charge in [-0.25, -0.2) is 13.6 Å². The highest BCUT2D eigenvalue weighted by Gasteiger charge is 2.08. The monoisotopic (exact) mass is 205 g/mol. The van der Waals surface area contributed by atoms with E-state index < -0.39 is 11.6 Å². The van der Waals surface area contributed by atoms with Crippen LogP contribution in [0.15, 0.2) is 12.1 Å². The van der Waals surface area contributed by atoms with Crippen molar-refractivity contribution >= 4 is 11.8 Å². The fourth-order valence-electron chi connectivity index (χ4n) is 1.14. The van der Waals surface area contributed by atoms with Crippen molar-refractivity contribution in [2.45, 2.75) is 13.3 Å². The Kier molecular flexibility index (Phi) is 3.63. The van der Waals surface area contributed by atoms with Crippen LogP contribution in [0.3, 0.4) is 0 Å². The van der Waals surface area contributed by atoms with Gasteiger partial charge in [0, 0.05) is 12.1 Å². The maximum absolute atomic E-state index is 13.1. The molecular weight excluding hydrogens is 196 g/mol. The predicted octanol–water partition coefficient (Wildman–Crippen LogP) is 2.56. The molecule has 0 amide bonds. The summed E-state index contributed by atoms with van der Waals surface area (Å²) in [4.78, 5) is 2.32. The Balaban J connectivity index is 2.92. The van der Waals surface area contributed by atoms with Crippen molar-refractivity contribution in [3.8, 4) is 0 Å². The van der Waals surface area contributed by atoms with Crippen molar-refractivity contribution in [3.05, 3.63) is 34.9 Å². The van der Waals surface area contributed by atoms with Crippen molar-refractivity contribution < 1.29 is 8.78 Å². The van der Waals surface area contributed by atoms with E-state index in [4.69, 9.17) is 11.8 Å². The predicted molar refractivity (Wildman–Crippen MR) is 48.7 cm³/mol. The zero-order valence-electron chi connectivity index (χ0n) is 7.20. The van der Waals surface area contributed by atoms with Gasteiger partial charge in [0.1, 0.15) is 11.6 Å². The summed E-state index contributed by atoms with van der Waals surface area (Å²) in [5, 5.41) is 0. The first-order chi connectivity index (χ1) is 6.15. The maximum atomic E-state index is 13.1. The third-order valence-electron chi connectivity index (χ3n) is 1.75. The number of rotatable bonds is 3. The van der Waals surface area contributed by atoms with Crippen molar-refractivity contribution in [1.29, 1.82) is 0 Å². The Morgan fingerprint density at radius 3 is 2.31 bits per heavy atom. The molecule has 1 aromatic rings. The van der Waals surface area contributed by atoms with Gasteiger partial charge in [-0.05, 0) is 42.8 Å². The molecule has 0 fully saturated rings. The Morgan fingerprint density at radius 1 is 1.31 bits per heavy atom. The number of halogens is 3. The van der Waals surface area contributed by atoms with Crippen LogP contribution in [0.2, 0.25) is 0 Å². The topological polar surface area (TPSA) is 12.0 Å². The summed E-state index contributed by atoms with van der Waals surface area (Å²) in [7, 11) is 0. The number of hydrogen-bond acceptors (Lipinski definition) is 1. The first kappa shape index (κ1) is 10.4. The fourth-order valence-corrected chi connectivity index (χ4v) is 1.24. The SMILES string of the molecule is Cc1cc(F)c(CCNCl)c(F)c1. The third-order valence-corrected chi connectivity index (χ3v) is 1.94. The van der Waals surface area contributed by atoms with Crippen molar-refractivity contribution in [2.24, 2.45) is 0 Å². The van der Waals surface area contributed by atoms with Crippen LogP contribution in [-0.4, -0.2) is 6.54 Å². The largest absolute Gasteiger partial charge is 0.233 e. The number of benzene rings is 1. The molecule has 1 aromatic carbocycles. The van der Waals surface area contributed by atoms with Crippen LogP contribution in [0.1, 0.15) is 11.1 Å². The highest BCUT2D eigenvalue weighted by Crippen LogP contribution is 2.15. The average Bonchev–Trinajstić information content (AvgIpc) is 2.02. The summed E-state index contributed by atoms with van der Waals surface area (Å²) in [6.07, 6.45) is 0.251. The molecule has 0 saturated heterocycles. The van der Waals surface area contributed by atoms with Gasteiger partial charge in [0.15, 0.2) is 0 Å². The van der Waals surface area contributed by atoms with Gasteiger partial charge >= 0.3 is 0 Å².